The molecule has 0 bridgehead atoms. The van der Waals surface area contributed by atoms with Gasteiger partial charge in [0.05, 0.1) is 6.26 Å². The maximum Gasteiger partial charge on any atom is 0.197 e. The van der Waals surface area contributed by atoms with Crippen LogP contribution in [0.25, 0.3) is 11.6 Å². The van der Waals surface area contributed by atoms with Gasteiger partial charge in [-0.1, -0.05) is 13.8 Å². The fraction of sp³-hybridized carbons (Fsp3) is 0.333. The molecule has 0 unspecified atom stereocenters. The number of anilines is 1. The van der Waals surface area contributed by atoms with E-state index in [4.69, 9.17) is 10.3 Å². The number of nitrogen functional groups attached to an aromatic ring is 1. The molecule has 0 spiro atoms. The number of nitrogens with two attached hydrogens (primary N) is 1. The topological polar surface area (TPSA) is 77.0 Å². The average Bonchev–Trinajstić information content (AvgIpc) is 2.80. The molecule has 5 nitrogen and oxygen atoms in total. The molecule has 0 atom stereocenters. The van der Waals surface area contributed by atoms with Crippen molar-refractivity contribution in [1.82, 2.24) is 9.97 Å². The predicted octanol–water partition coefficient (Wildman–Crippen LogP) is 2.45. The van der Waals surface area contributed by atoms with E-state index in [1.54, 1.807) is 12.3 Å². The maximum atomic E-state index is 5.51. The van der Waals surface area contributed by atoms with Gasteiger partial charge in [-0.05, 0) is 25.0 Å². The van der Waals surface area contributed by atoms with Gasteiger partial charge in [0.1, 0.15) is 5.82 Å². The van der Waals surface area contributed by atoms with Gasteiger partial charge in [-0.25, -0.2) is 15.8 Å². The number of hydrogen-bond donors (Lipinski definition) is 2. The molecular weight excluding hydrogens is 216 g/mol. The Bertz CT molecular complexity index is 505. The normalized spacial score (nSPS) is 10.9. The van der Waals surface area contributed by atoms with Gasteiger partial charge >= 0.3 is 0 Å². The van der Waals surface area contributed by atoms with Gasteiger partial charge in [0.25, 0.3) is 0 Å². The standard InChI is InChI=1S/C12H16N4O/c1-7(2)10-8(3)14-11(15-12(10)16-13)9-5-4-6-17-9/h4-7H,13H2,1-3H3,(H,14,15,16). The van der Waals surface area contributed by atoms with Crippen LogP contribution in [0.15, 0.2) is 22.8 Å². The number of hydrazine groups is 1. The lowest BCUT2D eigenvalue weighted by Gasteiger charge is -2.14. The Hall–Kier alpha value is -1.88. The van der Waals surface area contributed by atoms with E-state index in [0.717, 1.165) is 11.3 Å². The van der Waals surface area contributed by atoms with E-state index < -0.39 is 0 Å². The summed E-state index contributed by atoms with van der Waals surface area (Å²) in [6, 6.07) is 3.63. The lowest BCUT2D eigenvalue weighted by Crippen LogP contribution is -2.14. The van der Waals surface area contributed by atoms with Gasteiger partial charge in [0.15, 0.2) is 11.6 Å². The Morgan fingerprint density at radius 1 is 1.35 bits per heavy atom. The van der Waals surface area contributed by atoms with Crippen LogP contribution in [0.5, 0.6) is 0 Å². The number of nitrogens with one attached hydrogen (secondary N) is 1. The molecule has 0 radical (unpaired) electrons. The zero-order valence-corrected chi connectivity index (χ0v) is 10.2. The van der Waals surface area contributed by atoms with Gasteiger partial charge in [-0.15, -0.1) is 0 Å². The highest BCUT2D eigenvalue weighted by Gasteiger charge is 2.15. The minimum absolute atomic E-state index is 0.312. The molecule has 2 heterocycles. The minimum Gasteiger partial charge on any atom is -0.461 e. The first kappa shape index (κ1) is 11.6. The lowest BCUT2D eigenvalue weighted by molar-refractivity contribution is 0.576. The number of rotatable bonds is 3. The van der Waals surface area contributed by atoms with Crippen molar-refractivity contribution >= 4 is 5.82 Å². The smallest absolute Gasteiger partial charge is 0.197 e. The molecule has 2 aromatic rings. The summed E-state index contributed by atoms with van der Waals surface area (Å²) in [5.74, 6) is 7.66. The van der Waals surface area contributed by atoms with Crippen LogP contribution >= 0.6 is 0 Å². The second kappa shape index (κ2) is 4.55. The molecule has 0 saturated carbocycles. The number of aryl methyl sites for hydroxylation is 1. The molecule has 0 amide bonds. The number of hydrogen-bond acceptors (Lipinski definition) is 5. The van der Waals surface area contributed by atoms with Crippen molar-refractivity contribution < 1.29 is 4.42 Å². The fourth-order valence-corrected chi connectivity index (χ4v) is 1.90. The van der Waals surface area contributed by atoms with Crippen LogP contribution in [0.4, 0.5) is 5.82 Å². The Kier molecular flexibility index (Phi) is 3.10. The molecule has 0 saturated heterocycles. The molecule has 90 valence electrons. The van der Waals surface area contributed by atoms with E-state index in [1.165, 1.54) is 0 Å². The highest BCUT2D eigenvalue weighted by Crippen LogP contribution is 2.27. The zero-order valence-electron chi connectivity index (χ0n) is 10.2. The molecule has 17 heavy (non-hydrogen) atoms. The van der Waals surface area contributed by atoms with Crippen LogP contribution in [0.3, 0.4) is 0 Å². The predicted molar refractivity (Wildman–Crippen MR) is 66.4 cm³/mol. The summed E-state index contributed by atoms with van der Waals surface area (Å²) < 4.78 is 5.28. The van der Waals surface area contributed by atoms with Gasteiger partial charge in [-0.3, -0.25) is 0 Å². The van der Waals surface area contributed by atoms with Crippen LogP contribution in [0, 0.1) is 6.92 Å². The summed E-state index contributed by atoms with van der Waals surface area (Å²) in [5, 5.41) is 0. The van der Waals surface area contributed by atoms with Crippen molar-refractivity contribution in [3.63, 3.8) is 0 Å². The molecule has 0 aliphatic rings. The molecule has 5 heteroatoms. The molecule has 0 fully saturated rings. The van der Waals surface area contributed by atoms with Crippen molar-refractivity contribution in [2.75, 3.05) is 5.43 Å². The summed E-state index contributed by atoms with van der Waals surface area (Å²) >= 11 is 0. The molecule has 2 rings (SSSR count). The molecule has 2 aromatic heterocycles. The van der Waals surface area contributed by atoms with E-state index in [9.17, 15) is 0 Å². The van der Waals surface area contributed by atoms with Gasteiger partial charge in [0, 0.05) is 11.3 Å². The number of aromatic nitrogens is 2. The quantitative estimate of drug-likeness (QED) is 0.628. The van der Waals surface area contributed by atoms with E-state index in [-0.39, 0.29) is 0 Å². The Morgan fingerprint density at radius 3 is 2.65 bits per heavy atom. The molecule has 0 aliphatic heterocycles. The van der Waals surface area contributed by atoms with Crippen molar-refractivity contribution in [2.24, 2.45) is 5.84 Å². The van der Waals surface area contributed by atoms with Gasteiger partial charge in [-0.2, -0.15) is 0 Å². The first-order chi connectivity index (χ1) is 8.13. The number of nitrogens with zero attached hydrogens (tertiary/aromatic N) is 2. The first-order valence-corrected chi connectivity index (χ1v) is 5.52. The van der Waals surface area contributed by atoms with Crippen LogP contribution < -0.4 is 11.3 Å². The molecule has 0 aliphatic carbocycles. The van der Waals surface area contributed by atoms with E-state index in [2.05, 4.69) is 29.2 Å². The average molecular weight is 232 g/mol. The highest BCUT2D eigenvalue weighted by molar-refractivity contribution is 5.55. The molecule has 3 N–H and O–H groups in total. The SMILES string of the molecule is Cc1nc(-c2ccco2)nc(NN)c1C(C)C. The summed E-state index contributed by atoms with van der Waals surface area (Å²) in [6.07, 6.45) is 1.60. The Morgan fingerprint density at radius 2 is 2.12 bits per heavy atom. The minimum atomic E-state index is 0.312. The second-order valence-corrected chi connectivity index (χ2v) is 4.17. The van der Waals surface area contributed by atoms with Crippen molar-refractivity contribution in [2.45, 2.75) is 26.7 Å². The Labute approximate surface area is 100 Å². The van der Waals surface area contributed by atoms with Crippen molar-refractivity contribution in [1.29, 1.82) is 0 Å². The first-order valence-electron chi connectivity index (χ1n) is 5.52. The fourth-order valence-electron chi connectivity index (χ4n) is 1.90. The third kappa shape index (κ3) is 2.14. The lowest BCUT2D eigenvalue weighted by atomic mass is 10.0. The van der Waals surface area contributed by atoms with Crippen LogP contribution in [0.2, 0.25) is 0 Å². The third-order valence-electron chi connectivity index (χ3n) is 2.59. The van der Waals surface area contributed by atoms with Crippen LogP contribution in [-0.4, -0.2) is 9.97 Å². The van der Waals surface area contributed by atoms with Crippen LogP contribution in [0.1, 0.15) is 31.0 Å². The van der Waals surface area contributed by atoms with Crippen molar-refractivity contribution in [3.8, 4) is 11.6 Å². The van der Waals surface area contributed by atoms with E-state index >= 15 is 0 Å². The summed E-state index contributed by atoms with van der Waals surface area (Å²) in [6.45, 7) is 6.11. The molecular formula is C12H16N4O. The monoisotopic (exact) mass is 232 g/mol. The second-order valence-electron chi connectivity index (χ2n) is 4.17. The summed E-state index contributed by atoms with van der Waals surface area (Å²) in [5.41, 5.74) is 4.57. The summed E-state index contributed by atoms with van der Waals surface area (Å²) in [7, 11) is 0. The van der Waals surface area contributed by atoms with Gasteiger partial charge < -0.3 is 9.84 Å². The van der Waals surface area contributed by atoms with Crippen LogP contribution in [-0.2, 0) is 0 Å². The van der Waals surface area contributed by atoms with E-state index in [1.807, 2.05) is 13.0 Å². The number of furan rings is 1. The Balaban J connectivity index is 2.56. The maximum absolute atomic E-state index is 5.51. The van der Waals surface area contributed by atoms with Crippen molar-refractivity contribution in [3.05, 3.63) is 29.7 Å². The zero-order chi connectivity index (χ0) is 12.4. The third-order valence-corrected chi connectivity index (χ3v) is 2.59. The molecule has 0 aromatic carbocycles. The highest BCUT2D eigenvalue weighted by atomic mass is 16.3. The van der Waals surface area contributed by atoms with E-state index in [0.29, 0.717) is 23.3 Å². The van der Waals surface area contributed by atoms with Gasteiger partial charge in [0.2, 0.25) is 0 Å². The summed E-state index contributed by atoms with van der Waals surface area (Å²) in [4.78, 5) is 8.82. The largest absolute Gasteiger partial charge is 0.461 e.